The maximum atomic E-state index is 12.8. The molecule has 2 heterocycles. The van der Waals surface area contributed by atoms with Gasteiger partial charge < -0.3 is 9.47 Å². The molecule has 0 spiro atoms. The number of amides is 1. The number of carbonyl (C=O) groups excluding carboxylic acids is 1. The molecule has 1 saturated heterocycles. The van der Waals surface area contributed by atoms with Crippen LogP contribution < -0.4 is 0 Å². The van der Waals surface area contributed by atoms with Gasteiger partial charge in [0.1, 0.15) is 5.82 Å². The number of aromatic nitrogens is 2. The van der Waals surface area contributed by atoms with Gasteiger partial charge in [0.2, 0.25) is 15.9 Å². The Morgan fingerprint density at radius 3 is 2.78 bits per heavy atom. The number of aryl methyl sites for hydroxylation is 1. The Hall–Kier alpha value is -1.41. The molecule has 0 radical (unpaired) electrons. The van der Waals surface area contributed by atoms with Crippen molar-refractivity contribution in [2.24, 2.45) is 0 Å². The molecule has 23 heavy (non-hydrogen) atoms. The van der Waals surface area contributed by atoms with Crippen molar-refractivity contribution in [1.82, 2.24) is 18.8 Å². The highest BCUT2D eigenvalue weighted by molar-refractivity contribution is 7.90. The van der Waals surface area contributed by atoms with Gasteiger partial charge in [0.15, 0.2) is 5.25 Å². The van der Waals surface area contributed by atoms with Crippen LogP contribution in [0, 0.1) is 0 Å². The molecule has 130 valence electrons. The molecule has 0 aliphatic carbocycles. The summed E-state index contributed by atoms with van der Waals surface area (Å²) >= 11 is 0. The molecule has 7 nitrogen and oxygen atoms in total. The van der Waals surface area contributed by atoms with Gasteiger partial charge in [-0.2, -0.15) is 4.31 Å². The van der Waals surface area contributed by atoms with Gasteiger partial charge in [-0.25, -0.2) is 13.4 Å². The molecule has 1 aliphatic heterocycles. The third kappa shape index (κ3) is 3.58. The number of imidazole rings is 1. The van der Waals surface area contributed by atoms with Gasteiger partial charge in [-0.3, -0.25) is 4.79 Å². The van der Waals surface area contributed by atoms with Gasteiger partial charge >= 0.3 is 0 Å². The summed E-state index contributed by atoms with van der Waals surface area (Å²) in [5, 5.41) is -1.05. The van der Waals surface area contributed by atoms with Crippen molar-refractivity contribution in [3.05, 3.63) is 18.2 Å². The maximum Gasteiger partial charge on any atom is 0.241 e. The molecule has 2 rings (SSSR count). The Morgan fingerprint density at radius 2 is 2.17 bits per heavy atom. The summed E-state index contributed by atoms with van der Waals surface area (Å²) in [6, 6.07) is 0.0811. The summed E-state index contributed by atoms with van der Waals surface area (Å²) in [6.07, 6.45) is 6.18. The van der Waals surface area contributed by atoms with Gasteiger partial charge in [-0.1, -0.05) is 6.92 Å². The molecule has 1 aromatic rings. The zero-order valence-electron chi connectivity index (χ0n) is 14.3. The molecule has 0 bridgehead atoms. The van der Waals surface area contributed by atoms with Crippen LogP contribution in [0.5, 0.6) is 0 Å². The SMILES string of the molecule is CCc1nccn1[C@@H]1CCCN(S(=O)(=O)[C@@H](C)C(=O)N(C)C)C1. The molecule has 1 aliphatic rings. The minimum atomic E-state index is -3.64. The third-order valence-electron chi connectivity index (χ3n) is 4.41. The van der Waals surface area contributed by atoms with Crippen LogP contribution in [0.25, 0.3) is 0 Å². The molecular formula is C15H26N4O3S. The number of carbonyl (C=O) groups is 1. The highest BCUT2D eigenvalue weighted by Gasteiger charge is 2.37. The normalized spacial score (nSPS) is 21.1. The molecule has 1 amide bonds. The first-order valence-corrected chi connectivity index (χ1v) is 9.51. The number of sulfonamides is 1. The Labute approximate surface area is 138 Å². The molecule has 0 saturated carbocycles. The van der Waals surface area contributed by atoms with Crippen molar-refractivity contribution in [3.63, 3.8) is 0 Å². The first-order valence-electron chi connectivity index (χ1n) is 8.00. The average Bonchev–Trinajstić information content (AvgIpc) is 3.02. The first-order chi connectivity index (χ1) is 10.8. The Bertz CT molecular complexity index is 653. The predicted molar refractivity (Wildman–Crippen MR) is 88.5 cm³/mol. The van der Waals surface area contributed by atoms with E-state index in [-0.39, 0.29) is 11.9 Å². The molecule has 0 aromatic carbocycles. The lowest BCUT2D eigenvalue weighted by Gasteiger charge is -2.34. The van der Waals surface area contributed by atoms with E-state index in [0.29, 0.717) is 13.1 Å². The van der Waals surface area contributed by atoms with E-state index in [2.05, 4.69) is 9.55 Å². The van der Waals surface area contributed by atoms with E-state index in [1.807, 2.05) is 13.1 Å². The maximum absolute atomic E-state index is 12.8. The van der Waals surface area contributed by atoms with E-state index < -0.39 is 15.3 Å². The molecule has 0 unspecified atom stereocenters. The van der Waals surface area contributed by atoms with E-state index in [1.54, 1.807) is 20.3 Å². The Balaban J connectivity index is 2.19. The summed E-state index contributed by atoms with van der Waals surface area (Å²) in [5.41, 5.74) is 0. The molecule has 8 heteroatoms. The topological polar surface area (TPSA) is 75.5 Å². The van der Waals surface area contributed by atoms with E-state index in [0.717, 1.165) is 25.1 Å². The van der Waals surface area contributed by atoms with E-state index in [9.17, 15) is 13.2 Å². The summed E-state index contributed by atoms with van der Waals surface area (Å²) in [5.74, 6) is 0.579. The Morgan fingerprint density at radius 1 is 1.48 bits per heavy atom. The van der Waals surface area contributed by atoms with Crippen molar-refractivity contribution in [1.29, 1.82) is 0 Å². The smallest absolute Gasteiger partial charge is 0.241 e. The lowest BCUT2D eigenvalue weighted by molar-refractivity contribution is -0.128. The average molecular weight is 342 g/mol. The Kier molecular flexibility index (Phi) is 5.46. The van der Waals surface area contributed by atoms with Gasteiger partial charge in [-0.05, 0) is 19.8 Å². The lowest BCUT2D eigenvalue weighted by Crippen LogP contribution is -2.48. The second-order valence-corrected chi connectivity index (χ2v) is 8.43. The van der Waals surface area contributed by atoms with Crippen molar-refractivity contribution >= 4 is 15.9 Å². The number of piperidine rings is 1. The standard InChI is InChI=1S/C15H26N4O3S/c1-5-14-16-8-10-19(14)13-7-6-9-18(11-13)23(21,22)12(2)15(20)17(3)4/h8,10,12-13H,5-7,9,11H2,1-4H3/t12-,13+/m0/s1. The zero-order valence-corrected chi connectivity index (χ0v) is 15.1. The number of hydrogen-bond acceptors (Lipinski definition) is 4. The highest BCUT2D eigenvalue weighted by Crippen LogP contribution is 2.26. The van der Waals surface area contributed by atoms with Crippen LogP contribution >= 0.6 is 0 Å². The minimum absolute atomic E-state index is 0.0811. The monoisotopic (exact) mass is 342 g/mol. The van der Waals surface area contributed by atoms with Crippen molar-refractivity contribution in [2.75, 3.05) is 27.2 Å². The molecule has 0 N–H and O–H groups in total. The van der Waals surface area contributed by atoms with Crippen LogP contribution in [-0.4, -0.2) is 65.5 Å². The van der Waals surface area contributed by atoms with Crippen LogP contribution in [0.15, 0.2) is 12.4 Å². The zero-order chi connectivity index (χ0) is 17.2. The number of hydrogen-bond donors (Lipinski definition) is 0. The second kappa shape index (κ2) is 7.00. The minimum Gasteiger partial charge on any atom is -0.348 e. The third-order valence-corrected chi connectivity index (χ3v) is 6.56. The van der Waals surface area contributed by atoms with E-state index in [1.165, 1.54) is 16.1 Å². The van der Waals surface area contributed by atoms with Crippen LogP contribution in [0.1, 0.15) is 38.6 Å². The van der Waals surface area contributed by atoms with Crippen LogP contribution in [0.3, 0.4) is 0 Å². The van der Waals surface area contributed by atoms with Crippen LogP contribution in [0.2, 0.25) is 0 Å². The number of nitrogens with zero attached hydrogens (tertiary/aromatic N) is 4. The van der Waals surface area contributed by atoms with Gasteiger partial charge in [0.25, 0.3) is 0 Å². The van der Waals surface area contributed by atoms with Crippen LogP contribution in [0.4, 0.5) is 0 Å². The van der Waals surface area contributed by atoms with Crippen LogP contribution in [-0.2, 0) is 21.2 Å². The molecular weight excluding hydrogens is 316 g/mol. The van der Waals surface area contributed by atoms with Crippen molar-refractivity contribution in [3.8, 4) is 0 Å². The van der Waals surface area contributed by atoms with Gasteiger partial charge in [-0.15, -0.1) is 0 Å². The fourth-order valence-electron chi connectivity index (χ4n) is 3.04. The summed E-state index contributed by atoms with van der Waals surface area (Å²) in [4.78, 5) is 17.7. The van der Waals surface area contributed by atoms with Gasteiger partial charge in [0.05, 0.1) is 0 Å². The van der Waals surface area contributed by atoms with E-state index >= 15 is 0 Å². The fraction of sp³-hybridized carbons (Fsp3) is 0.733. The lowest BCUT2D eigenvalue weighted by atomic mass is 10.1. The molecule has 1 aromatic heterocycles. The summed E-state index contributed by atoms with van der Waals surface area (Å²) < 4.78 is 29.0. The van der Waals surface area contributed by atoms with E-state index in [4.69, 9.17) is 0 Å². The summed E-state index contributed by atoms with van der Waals surface area (Å²) in [7, 11) is -0.490. The van der Waals surface area contributed by atoms with Crippen molar-refractivity contribution < 1.29 is 13.2 Å². The largest absolute Gasteiger partial charge is 0.348 e. The highest BCUT2D eigenvalue weighted by atomic mass is 32.2. The second-order valence-electron chi connectivity index (χ2n) is 6.18. The number of rotatable bonds is 5. The molecule has 2 atom stereocenters. The first kappa shape index (κ1) is 17.9. The fourth-order valence-corrected chi connectivity index (χ4v) is 4.72. The predicted octanol–water partition coefficient (Wildman–Crippen LogP) is 0.889. The van der Waals surface area contributed by atoms with Crippen molar-refractivity contribution in [2.45, 2.75) is 44.4 Å². The van der Waals surface area contributed by atoms with Gasteiger partial charge in [0, 0.05) is 52.0 Å². The quantitative estimate of drug-likeness (QED) is 0.796. The summed E-state index contributed by atoms with van der Waals surface area (Å²) in [6.45, 7) is 4.38. The molecule has 1 fully saturated rings.